The lowest BCUT2D eigenvalue weighted by atomic mass is 10.0. The van der Waals surface area contributed by atoms with Gasteiger partial charge in [-0.05, 0) is 37.7 Å². The second kappa shape index (κ2) is 7.62. The molecule has 0 unspecified atom stereocenters. The summed E-state index contributed by atoms with van der Waals surface area (Å²) in [6.45, 7) is 9.73. The maximum atomic E-state index is 12.8. The van der Waals surface area contributed by atoms with E-state index >= 15 is 0 Å². The minimum atomic E-state index is -0.0435. The number of nitrogens with one attached hydrogen (secondary N) is 1. The Labute approximate surface area is 148 Å². The van der Waals surface area contributed by atoms with Crippen molar-refractivity contribution in [3.63, 3.8) is 0 Å². The summed E-state index contributed by atoms with van der Waals surface area (Å²) in [6, 6.07) is 14.1. The molecule has 0 atom stereocenters. The number of hydrogen-bond donors (Lipinski definition) is 1. The van der Waals surface area contributed by atoms with Gasteiger partial charge >= 0.3 is 0 Å². The minimum Gasteiger partial charge on any atom is -0.351 e. The van der Waals surface area contributed by atoms with Gasteiger partial charge in [0, 0.05) is 23.9 Å². The van der Waals surface area contributed by atoms with Crippen molar-refractivity contribution in [2.75, 3.05) is 26.2 Å². The van der Waals surface area contributed by atoms with Crippen molar-refractivity contribution in [2.24, 2.45) is 0 Å². The molecule has 3 aromatic rings. The summed E-state index contributed by atoms with van der Waals surface area (Å²) in [4.78, 5) is 19.9. The topological polar surface area (TPSA) is 45.2 Å². The van der Waals surface area contributed by atoms with Crippen LogP contribution in [0.25, 0.3) is 21.8 Å². The van der Waals surface area contributed by atoms with Crippen molar-refractivity contribution in [3.8, 4) is 0 Å². The third-order valence-corrected chi connectivity index (χ3v) is 4.73. The number of carbonyl (C=O) groups excluding carboxylic acids is 1. The molecular formula is C21H25N3O. The second-order valence-corrected chi connectivity index (χ2v) is 6.29. The monoisotopic (exact) mass is 335 g/mol. The number of fused-ring (bicyclic) bond motifs is 2. The number of carbonyl (C=O) groups is 1. The highest BCUT2D eigenvalue weighted by Gasteiger charge is 2.15. The lowest BCUT2D eigenvalue weighted by Crippen LogP contribution is -2.35. The quantitative estimate of drug-likeness (QED) is 0.698. The first kappa shape index (κ1) is 17.4. The summed E-state index contributed by atoms with van der Waals surface area (Å²) in [5, 5.41) is 5.15. The molecule has 0 aliphatic rings. The summed E-state index contributed by atoms with van der Waals surface area (Å²) in [6.07, 6.45) is 0. The van der Waals surface area contributed by atoms with Crippen molar-refractivity contribution in [1.82, 2.24) is 15.2 Å². The Hall–Kier alpha value is -2.46. The van der Waals surface area contributed by atoms with E-state index in [4.69, 9.17) is 4.98 Å². The highest BCUT2D eigenvalue weighted by atomic mass is 16.1. The van der Waals surface area contributed by atoms with E-state index in [1.807, 2.05) is 43.3 Å². The number of para-hydroxylation sites is 1. The molecule has 0 bridgehead atoms. The van der Waals surface area contributed by atoms with E-state index in [0.29, 0.717) is 12.1 Å². The summed E-state index contributed by atoms with van der Waals surface area (Å²) in [5.41, 5.74) is 3.33. The number of aromatic nitrogens is 1. The largest absolute Gasteiger partial charge is 0.351 e. The van der Waals surface area contributed by atoms with Gasteiger partial charge < -0.3 is 10.2 Å². The zero-order valence-corrected chi connectivity index (χ0v) is 15.2. The molecule has 2 aromatic carbocycles. The minimum absolute atomic E-state index is 0.0435. The predicted octanol–water partition coefficient (Wildman–Crippen LogP) is 3.77. The van der Waals surface area contributed by atoms with Crippen LogP contribution in [0.4, 0.5) is 0 Å². The fourth-order valence-corrected chi connectivity index (χ4v) is 3.19. The van der Waals surface area contributed by atoms with Gasteiger partial charge in [-0.15, -0.1) is 0 Å². The summed E-state index contributed by atoms with van der Waals surface area (Å²) in [5.74, 6) is -0.0435. The number of aryl methyl sites for hydroxylation is 1. The Morgan fingerprint density at radius 1 is 1.08 bits per heavy atom. The molecule has 4 heteroatoms. The molecule has 1 heterocycles. The average Bonchev–Trinajstić information content (AvgIpc) is 2.63. The van der Waals surface area contributed by atoms with E-state index in [2.05, 4.69) is 30.1 Å². The Morgan fingerprint density at radius 3 is 2.60 bits per heavy atom. The van der Waals surface area contributed by atoms with Crippen LogP contribution in [0.3, 0.4) is 0 Å². The highest BCUT2D eigenvalue weighted by molar-refractivity contribution is 6.08. The van der Waals surface area contributed by atoms with Crippen LogP contribution >= 0.6 is 0 Å². The van der Waals surface area contributed by atoms with Gasteiger partial charge in [0.05, 0.1) is 16.6 Å². The first-order valence-corrected chi connectivity index (χ1v) is 8.93. The number of likely N-dealkylation sites (N-methyl/N-ethyl adjacent to an activating group) is 1. The average molecular weight is 335 g/mol. The van der Waals surface area contributed by atoms with Crippen molar-refractivity contribution >= 4 is 27.7 Å². The maximum Gasteiger partial charge on any atom is 0.253 e. The molecule has 25 heavy (non-hydrogen) atoms. The molecule has 1 aromatic heterocycles. The Morgan fingerprint density at radius 2 is 1.84 bits per heavy atom. The molecule has 0 spiro atoms. The molecule has 3 rings (SSSR count). The maximum absolute atomic E-state index is 12.8. The molecule has 130 valence electrons. The van der Waals surface area contributed by atoms with E-state index in [-0.39, 0.29) is 5.91 Å². The predicted molar refractivity (Wildman–Crippen MR) is 104 cm³/mol. The van der Waals surface area contributed by atoms with Crippen LogP contribution in [-0.4, -0.2) is 42.0 Å². The molecule has 0 saturated carbocycles. The van der Waals surface area contributed by atoms with Crippen LogP contribution in [-0.2, 0) is 0 Å². The van der Waals surface area contributed by atoms with Crippen molar-refractivity contribution in [2.45, 2.75) is 20.8 Å². The lowest BCUT2D eigenvalue weighted by molar-refractivity contribution is 0.0950. The van der Waals surface area contributed by atoms with Crippen LogP contribution in [0.5, 0.6) is 0 Å². The molecule has 0 saturated heterocycles. The number of amides is 1. The van der Waals surface area contributed by atoms with Gasteiger partial charge in [-0.25, -0.2) is 4.98 Å². The standard InChI is InChI=1S/C21H25N3O/c1-4-24(5-2)13-12-22-21(25)19-15(3)10-11-17-14-16-8-6-7-9-18(16)23-20(17)19/h6-11,14H,4-5,12-13H2,1-3H3,(H,22,25). The number of nitrogens with zero attached hydrogens (tertiary/aromatic N) is 2. The van der Waals surface area contributed by atoms with E-state index in [9.17, 15) is 4.79 Å². The number of benzene rings is 2. The SMILES string of the molecule is CCN(CC)CCNC(=O)c1c(C)ccc2cc3ccccc3nc12. The molecule has 0 radical (unpaired) electrons. The van der Waals surface area contributed by atoms with Crippen LogP contribution in [0, 0.1) is 6.92 Å². The fraction of sp³-hybridized carbons (Fsp3) is 0.333. The summed E-state index contributed by atoms with van der Waals surface area (Å²) in [7, 11) is 0. The van der Waals surface area contributed by atoms with Crippen molar-refractivity contribution < 1.29 is 4.79 Å². The third kappa shape index (κ3) is 3.64. The summed E-state index contributed by atoms with van der Waals surface area (Å²) >= 11 is 0. The smallest absolute Gasteiger partial charge is 0.253 e. The van der Waals surface area contributed by atoms with E-state index in [1.54, 1.807) is 0 Å². The first-order chi connectivity index (χ1) is 12.1. The number of hydrogen-bond acceptors (Lipinski definition) is 3. The van der Waals surface area contributed by atoms with Gasteiger partial charge in [0.15, 0.2) is 0 Å². The Bertz CT molecular complexity index is 900. The molecule has 1 N–H and O–H groups in total. The zero-order chi connectivity index (χ0) is 17.8. The fourth-order valence-electron chi connectivity index (χ4n) is 3.19. The Kier molecular flexibility index (Phi) is 5.29. The lowest BCUT2D eigenvalue weighted by Gasteiger charge is -2.18. The van der Waals surface area contributed by atoms with E-state index in [0.717, 1.165) is 47.0 Å². The van der Waals surface area contributed by atoms with Gasteiger partial charge in [-0.3, -0.25) is 4.79 Å². The Balaban J connectivity index is 1.92. The van der Waals surface area contributed by atoms with Gasteiger partial charge in [-0.2, -0.15) is 0 Å². The van der Waals surface area contributed by atoms with Crippen LogP contribution in [0.2, 0.25) is 0 Å². The highest BCUT2D eigenvalue weighted by Crippen LogP contribution is 2.24. The number of rotatable bonds is 6. The van der Waals surface area contributed by atoms with Gasteiger partial charge in [0.1, 0.15) is 0 Å². The van der Waals surface area contributed by atoms with Gasteiger partial charge in [0.2, 0.25) is 0 Å². The van der Waals surface area contributed by atoms with E-state index < -0.39 is 0 Å². The normalized spacial score (nSPS) is 11.4. The zero-order valence-electron chi connectivity index (χ0n) is 15.2. The van der Waals surface area contributed by atoms with Crippen LogP contribution in [0.1, 0.15) is 29.8 Å². The molecule has 1 amide bonds. The first-order valence-electron chi connectivity index (χ1n) is 8.93. The third-order valence-electron chi connectivity index (χ3n) is 4.73. The van der Waals surface area contributed by atoms with Crippen molar-refractivity contribution in [3.05, 3.63) is 53.6 Å². The van der Waals surface area contributed by atoms with E-state index in [1.165, 1.54) is 0 Å². The summed E-state index contributed by atoms with van der Waals surface area (Å²) < 4.78 is 0. The molecule has 0 fully saturated rings. The van der Waals surface area contributed by atoms with Crippen LogP contribution in [0.15, 0.2) is 42.5 Å². The van der Waals surface area contributed by atoms with Gasteiger partial charge in [-0.1, -0.05) is 44.2 Å². The van der Waals surface area contributed by atoms with Crippen molar-refractivity contribution in [1.29, 1.82) is 0 Å². The molecule has 4 nitrogen and oxygen atoms in total. The van der Waals surface area contributed by atoms with Crippen LogP contribution < -0.4 is 5.32 Å². The van der Waals surface area contributed by atoms with Gasteiger partial charge in [0.25, 0.3) is 5.91 Å². The second-order valence-electron chi connectivity index (χ2n) is 6.29. The molecule has 0 aliphatic carbocycles. The molecular weight excluding hydrogens is 310 g/mol. The molecule has 0 aliphatic heterocycles. The number of pyridine rings is 1.